The van der Waals surface area contributed by atoms with Gasteiger partial charge in [0.05, 0.1) is 17.8 Å². The predicted molar refractivity (Wildman–Crippen MR) is 114 cm³/mol. The van der Waals surface area contributed by atoms with Crippen molar-refractivity contribution in [2.75, 3.05) is 5.32 Å². The highest BCUT2D eigenvalue weighted by molar-refractivity contribution is 5.95. The molecule has 0 radical (unpaired) electrons. The Morgan fingerprint density at radius 2 is 1.90 bits per heavy atom. The van der Waals surface area contributed by atoms with Gasteiger partial charge in [0.1, 0.15) is 12.2 Å². The lowest BCUT2D eigenvalue weighted by molar-refractivity contribution is 0.0930. The molecule has 1 aromatic carbocycles. The first-order valence-electron chi connectivity index (χ1n) is 9.96. The normalized spacial score (nSPS) is 14.1. The molecule has 9 nitrogen and oxygen atoms in total. The predicted octanol–water partition coefficient (Wildman–Crippen LogP) is 2.69. The van der Waals surface area contributed by atoms with Crippen molar-refractivity contribution in [3.63, 3.8) is 0 Å². The lowest BCUT2D eigenvalue weighted by Gasteiger charge is -2.17. The third-order valence-corrected chi connectivity index (χ3v) is 5.23. The Morgan fingerprint density at radius 1 is 1.06 bits per heavy atom. The van der Waals surface area contributed by atoms with E-state index in [0.717, 1.165) is 29.8 Å². The van der Waals surface area contributed by atoms with Gasteiger partial charge in [0.25, 0.3) is 5.91 Å². The first-order chi connectivity index (χ1) is 15.2. The lowest BCUT2D eigenvalue weighted by Crippen LogP contribution is -2.35. The summed E-state index contributed by atoms with van der Waals surface area (Å²) < 4.78 is 0. The van der Waals surface area contributed by atoms with Crippen LogP contribution in [0.2, 0.25) is 0 Å². The van der Waals surface area contributed by atoms with Crippen LogP contribution in [0.5, 0.6) is 0 Å². The highest BCUT2D eigenvalue weighted by Crippen LogP contribution is 2.44. The molecule has 4 aromatic rings. The summed E-state index contributed by atoms with van der Waals surface area (Å²) in [5.74, 6) is 1.19. The van der Waals surface area contributed by atoms with E-state index in [1.165, 1.54) is 6.33 Å². The molecule has 154 valence electrons. The van der Waals surface area contributed by atoms with Crippen molar-refractivity contribution >= 4 is 11.6 Å². The fourth-order valence-corrected chi connectivity index (χ4v) is 3.39. The monoisotopic (exact) mass is 412 g/mol. The second-order valence-electron chi connectivity index (χ2n) is 7.41. The van der Waals surface area contributed by atoms with Gasteiger partial charge in [0, 0.05) is 35.4 Å². The summed E-state index contributed by atoms with van der Waals surface area (Å²) in [5.41, 5.74) is 2.77. The summed E-state index contributed by atoms with van der Waals surface area (Å²) in [7, 11) is 0. The molecule has 0 saturated heterocycles. The Morgan fingerprint density at radius 3 is 2.68 bits per heavy atom. The van der Waals surface area contributed by atoms with Crippen LogP contribution in [0.25, 0.3) is 11.4 Å². The molecule has 0 bridgehead atoms. The number of rotatable bonds is 7. The molecule has 1 saturated carbocycles. The van der Waals surface area contributed by atoms with Gasteiger partial charge < -0.3 is 10.6 Å². The highest BCUT2D eigenvalue weighted by Gasteiger charge is 2.47. The van der Waals surface area contributed by atoms with Crippen molar-refractivity contribution in [3.05, 3.63) is 84.5 Å². The number of carbonyl (C=O) groups is 1. The van der Waals surface area contributed by atoms with E-state index in [4.69, 9.17) is 0 Å². The molecule has 3 heterocycles. The number of hydrogen-bond donors (Lipinski definition) is 3. The number of hydrogen-bond acceptors (Lipinski definition) is 7. The van der Waals surface area contributed by atoms with Crippen LogP contribution in [0.3, 0.4) is 0 Å². The zero-order valence-corrected chi connectivity index (χ0v) is 16.6. The van der Waals surface area contributed by atoms with Gasteiger partial charge in [-0.05, 0) is 49.2 Å². The third-order valence-electron chi connectivity index (χ3n) is 5.23. The van der Waals surface area contributed by atoms with Gasteiger partial charge in [0.2, 0.25) is 0 Å². The van der Waals surface area contributed by atoms with Gasteiger partial charge in [-0.25, -0.2) is 15.0 Å². The number of aromatic nitrogens is 6. The average molecular weight is 412 g/mol. The number of pyridine rings is 1. The summed E-state index contributed by atoms with van der Waals surface area (Å²) in [5, 5.41) is 13.6. The van der Waals surface area contributed by atoms with E-state index in [1.807, 2.05) is 36.4 Å². The number of benzene rings is 1. The summed E-state index contributed by atoms with van der Waals surface area (Å²) >= 11 is 0. The molecule has 3 aromatic heterocycles. The van der Waals surface area contributed by atoms with Crippen molar-refractivity contribution in [2.45, 2.75) is 24.9 Å². The van der Waals surface area contributed by atoms with E-state index in [9.17, 15) is 4.79 Å². The highest BCUT2D eigenvalue weighted by atomic mass is 16.1. The molecule has 0 atom stereocenters. The second-order valence-corrected chi connectivity index (χ2v) is 7.41. The summed E-state index contributed by atoms with van der Waals surface area (Å²) in [6.45, 7) is 0.452. The molecule has 3 N–H and O–H groups in total. The number of aromatic amines is 1. The lowest BCUT2D eigenvalue weighted by atomic mass is 10.1. The topological polar surface area (TPSA) is 121 Å². The van der Waals surface area contributed by atoms with Crippen LogP contribution in [0.15, 0.2) is 67.4 Å². The maximum Gasteiger partial charge on any atom is 0.252 e. The number of carbonyl (C=O) groups excluding carboxylic acids is 1. The molecule has 0 spiro atoms. The average Bonchev–Trinajstić information content (AvgIpc) is 3.45. The minimum atomic E-state index is -0.382. The quantitative estimate of drug-likeness (QED) is 0.427. The Labute approximate surface area is 178 Å². The largest absolute Gasteiger partial charge is 0.378 e. The Kier molecular flexibility index (Phi) is 4.83. The van der Waals surface area contributed by atoms with E-state index in [0.29, 0.717) is 23.8 Å². The summed E-state index contributed by atoms with van der Waals surface area (Å²) in [6, 6.07) is 13.0. The van der Waals surface area contributed by atoms with Gasteiger partial charge in [-0.2, -0.15) is 5.10 Å². The van der Waals surface area contributed by atoms with Crippen LogP contribution < -0.4 is 10.6 Å². The molecular weight excluding hydrogens is 392 g/mol. The first kappa shape index (κ1) is 18.9. The smallest absolute Gasteiger partial charge is 0.252 e. The molecule has 1 aliphatic rings. The van der Waals surface area contributed by atoms with Crippen molar-refractivity contribution in [3.8, 4) is 11.4 Å². The molecule has 5 rings (SSSR count). The van der Waals surface area contributed by atoms with E-state index in [2.05, 4.69) is 40.8 Å². The molecule has 1 aliphatic carbocycles. The number of anilines is 1. The minimum absolute atomic E-state index is 0.126. The summed E-state index contributed by atoms with van der Waals surface area (Å²) in [6.07, 6.45) is 8.36. The molecule has 1 amide bonds. The van der Waals surface area contributed by atoms with Crippen LogP contribution >= 0.6 is 0 Å². The fraction of sp³-hybridized carbons (Fsp3) is 0.182. The van der Waals surface area contributed by atoms with Crippen LogP contribution in [0.4, 0.5) is 5.69 Å². The van der Waals surface area contributed by atoms with Crippen molar-refractivity contribution in [1.82, 2.24) is 35.5 Å². The number of nitrogens with one attached hydrogen (secondary N) is 3. The van der Waals surface area contributed by atoms with Crippen LogP contribution in [0.1, 0.15) is 34.7 Å². The number of nitrogens with zero attached hydrogens (tertiary/aromatic N) is 5. The van der Waals surface area contributed by atoms with E-state index in [1.54, 1.807) is 24.7 Å². The molecule has 0 unspecified atom stereocenters. The minimum Gasteiger partial charge on any atom is -0.378 e. The Balaban J connectivity index is 1.24. The number of amides is 1. The van der Waals surface area contributed by atoms with Crippen molar-refractivity contribution in [2.24, 2.45) is 0 Å². The van der Waals surface area contributed by atoms with Gasteiger partial charge in [-0.3, -0.25) is 14.9 Å². The zero-order valence-electron chi connectivity index (χ0n) is 16.6. The maximum atomic E-state index is 12.8. The van der Waals surface area contributed by atoms with E-state index < -0.39 is 0 Å². The van der Waals surface area contributed by atoms with Gasteiger partial charge >= 0.3 is 0 Å². The van der Waals surface area contributed by atoms with Gasteiger partial charge in [-0.1, -0.05) is 6.07 Å². The molecular formula is C22H20N8O. The standard InChI is InChI=1S/C22H20N8O/c31-21(28-22(7-8-22)18-6-11-24-14-26-18)16-2-1-3-17(12-16)25-13-19-27-20(30-29-19)15-4-9-23-10-5-15/h1-6,9-12,14,25H,7-8,13H2,(H,28,31)(H,27,29,30). The summed E-state index contributed by atoms with van der Waals surface area (Å²) in [4.78, 5) is 29.6. The third kappa shape index (κ3) is 4.11. The Hall–Kier alpha value is -4.14. The Bertz CT molecular complexity index is 1190. The number of H-pyrrole nitrogens is 1. The second kappa shape index (κ2) is 7.94. The fourth-order valence-electron chi connectivity index (χ4n) is 3.39. The van der Waals surface area contributed by atoms with E-state index >= 15 is 0 Å². The van der Waals surface area contributed by atoms with Crippen LogP contribution in [-0.2, 0) is 12.1 Å². The van der Waals surface area contributed by atoms with Crippen molar-refractivity contribution < 1.29 is 4.79 Å². The zero-order chi connectivity index (χ0) is 21.1. The SMILES string of the molecule is O=C(NC1(c2ccncn2)CC1)c1cccc(NCc2nc(-c3ccncc3)n[nH]2)c1. The molecule has 9 heteroatoms. The van der Waals surface area contributed by atoms with Gasteiger partial charge in [-0.15, -0.1) is 0 Å². The molecule has 1 fully saturated rings. The van der Waals surface area contributed by atoms with Crippen LogP contribution in [-0.4, -0.2) is 36.0 Å². The molecule has 31 heavy (non-hydrogen) atoms. The molecule has 0 aliphatic heterocycles. The van der Waals surface area contributed by atoms with Crippen LogP contribution in [0, 0.1) is 0 Å². The van der Waals surface area contributed by atoms with Gasteiger partial charge in [0.15, 0.2) is 5.82 Å². The van der Waals surface area contributed by atoms with E-state index in [-0.39, 0.29) is 11.4 Å². The first-order valence-corrected chi connectivity index (χ1v) is 9.96. The maximum absolute atomic E-state index is 12.8. The van der Waals surface area contributed by atoms with Crippen molar-refractivity contribution in [1.29, 1.82) is 0 Å².